The summed E-state index contributed by atoms with van der Waals surface area (Å²) in [5.74, 6) is 0.0635. The summed E-state index contributed by atoms with van der Waals surface area (Å²) in [6, 6.07) is 7.17. The molecule has 2 amide bonds. The molecule has 3 N–H and O–H groups in total. The molecule has 1 fully saturated rings. The summed E-state index contributed by atoms with van der Waals surface area (Å²) in [6.07, 6.45) is 1.81. The molecular weight excluding hydrogens is 318 g/mol. The quantitative estimate of drug-likeness (QED) is 0.701. The van der Waals surface area contributed by atoms with Gasteiger partial charge in [0.2, 0.25) is 5.91 Å². The van der Waals surface area contributed by atoms with E-state index < -0.39 is 0 Å². The van der Waals surface area contributed by atoms with Gasteiger partial charge in [0.15, 0.2) is 0 Å². The zero-order chi connectivity index (χ0) is 18.2. The van der Waals surface area contributed by atoms with Gasteiger partial charge in [0.25, 0.3) is 5.91 Å². The minimum atomic E-state index is -0.239. The highest BCUT2D eigenvalue weighted by molar-refractivity contribution is 5.96. The third kappa shape index (κ3) is 5.90. The van der Waals surface area contributed by atoms with Crippen LogP contribution in [0.15, 0.2) is 36.4 Å². The molecule has 1 aromatic carbocycles. The van der Waals surface area contributed by atoms with E-state index in [1.807, 2.05) is 19.1 Å². The summed E-state index contributed by atoms with van der Waals surface area (Å²) in [7, 11) is 0. The lowest BCUT2D eigenvalue weighted by atomic mass is 9.97. The van der Waals surface area contributed by atoms with Crippen LogP contribution < -0.4 is 15.8 Å². The predicted molar refractivity (Wildman–Crippen MR) is 97.4 cm³/mol. The molecule has 0 unspecified atom stereocenters. The molecule has 6 heteroatoms. The molecule has 1 atom stereocenters. The van der Waals surface area contributed by atoms with E-state index in [2.05, 4.69) is 16.8 Å². The minimum Gasteiger partial charge on any atom is -0.488 e. The number of nitrogens with one attached hydrogen (secondary N) is 1. The average Bonchev–Trinajstić information content (AvgIpc) is 2.60. The molecule has 1 saturated heterocycles. The fourth-order valence-corrected chi connectivity index (χ4v) is 2.89. The molecule has 1 heterocycles. The number of carbonyl (C=O) groups excluding carboxylic acids is 2. The molecule has 0 aliphatic carbocycles. The maximum Gasteiger partial charge on any atom is 0.255 e. The predicted octanol–water partition coefficient (Wildman–Crippen LogP) is 1.57. The number of ether oxygens (including phenoxy) is 1. The van der Waals surface area contributed by atoms with E-state index in [9.17, 15) is 9.59 Å². The number of amides is 2. The van der Waals surface area contributed by atoms with Crippen LogP contribution in [0.4, 0.5) is 0 Å². The number of rotatable bonds is 8. The van der Waals surface area contributed by atoms with Crippen molar-refractivity contribution in [2.24, 2.45) is 11.7 Å². The van der Waals surface area contributed by atoms with Gasteiger partial charge in [-0.05, 0) is 44.0 Å². The van der Waals surface area contributed by atoms with Crippen LogP contribution in [0.3, 0.4) is 0 Å². The van der Waals surface area contributed by atoms with Crippen molar-refractivity contribution in [2.45, 2.75) is 19.8 Å². The Kier molecular flexibility index (Phi) is 7.01. The fourth-order valence-electron chi connectivity index (χ4n) is 2.89. The van der Waals surface area contributed by atoms with Crippen LogP contribution >= 0.6 is 0 Å². The number of benzene rings is 1. The molecule has 1 aliphatic rings. The van der Waals surface area contributed by atoms with Crippen molar-refractivity contribution in [1.82, 2.24) is 10.2 Å². The Balaban J connectivity index is 1.84. The van der Waals surface area contributed by atoms with Gasteiger partial charge >= 0.3 is 0 Å². The highest BCUT2D eigenvalue weighted by Gasteiger charge is 2.23. The smallest absolute Gasteiger partial charge is 0.255 e. The second-order valence-corrected chi connectivity index (χ2v) is 6.54. The second-order valence-electron chi connectivity index (χ2n) is 6.54. The summed E-state index contributed by atoms with van der Waals surface area (Å²) in [5, 5.41) is 2.92. The first-order chi connectivity index (χ1) is 12.0. The van der Waals surface area contributed by atoms with Crippen LogP contribution in [0.5, 0.6) is 5.75 Å². The van der Waals surface area contributed by atoms with Crippen molar-refractivity contribution in [3.8, 4) is 5.75 Å². The third-order valence-electron chi connectivity index (χ3n) is 4.23. The van der Waals surface area contributed by atoms with Crippen molar-refractivity contribution in [3.63, 3.8) is 0 Å². The van der Waals surface area contributed by atoms with Gasteiger partial charge in [0.05, 0.1) is 11.5 Å². The fraction of sp³-hybridized carbons (Fsp3) is 0.474. The van der Waals surface area contributed by atoms with Crippen molar-refractivity contribution >= 4 is 11.8 Å². The van der Waals surface area contributed by atoms with Crippen molar-refractivity contribution in [1.29, 1.82) is 0 Å². The lowest BCUT2D eigenvalue weighted by Crippen LogP contribution is -2.44. The van der Waals surface area contributed by atoms with E-state index in [0.29, 0.717) is 37.6 Å². The Hall–Kier alpha value is -2.34. The molecule has 0 saturated carbocycles. The first-order valence-corrected chi connectivity index (χ1v) is 8.63. The molecule has 25 heavy (non-hydrogen) atoms. The van der Waals surface area contributed by atoms with E-state index in [4.69, 9.17) is 10.5 Å². The summed E-state index contributed by atoms with van der Waals surface area (Å²) in [5.41, 5.74) is 6.80. The molecule has 1 aromatic rings. The van der Waals surface area contributed by atoms with E-state index in [1.165, 1.54) is 0 Å². The second kappa shape index (κ2) is 9.22. The largest absolute Gasteiger partial charge is 0.488 e. The monoisotopic (exact) mass is 345 g/mol. The molecule has 0 aromatic heterocycles. The molecule has 0 radical (unpaired) electrons. The standard InChI is InChI=1S/C19H27N3O3/c1-14(2)13-25-17-8-4-3-7-16(17)19(24)21-9-11-22-10-5-6-15(12-22)18(20)23/h3-4,7-8,15H,1,5-6,9-13H2,2H3,(H2,20,23)(H,21,24)/t15-/m0/s1. The van der Waals surface area contributed by atoms with Gasteiger partial charge in [-0.1, -0.05) is 18.7 Å². The van der Waals surface area contributed by atoms with Crippen LogP contribution in [0.2, 0.25) is 0 Å². The zero-order valence-corrected chi connectivity index (χ0v) is 14.8. The number of para-hydroxylation sites is 1. The maximum absolute atomic E-state index is 12.4. The summed E-state index contributed by atoms with van der Waals surface area (Å²) in [4.78, 5) is 25.9. The number of nitrogens with two attached hydrogens (primary N) is 1. The Bertz CT molecular complexity index is 630. The summed E-state index contributed by atoms with van der Waals surface area (Å²) < 4.78 is 5.63. The van der Waals surface area contributed by atoms with E-state index in [0.717, 1.165) is 25.0 Å². The Morgan fingerprint density at radius 1 is 1.40 bits per heavy atom. The van der Waals surface area contributed by atoms with Gasteiger partial charge < -0.3 is 20.7 Å². The first kappa shape index (κ1) is 19.0. The topological polar surface area (TPSA) is 84.7 Å². The average molecular weight is 345 g/mol. The van der Waals surface area contributed by atoms with Crippen LogP contribution in [0.1, 0.15) is 30.1 Å². The van der Waals surface area contributed by atoms with E-state index in [1.54, 1.807) is 12.1 Å². The number of hydrogen-bond donors (Lipinski definition) is 2. The minimum absolute atomic E-state index is 0.0827. The third-order valence-corrected chi connectivity index (χ3v) is 4.23. The number of likely N-dealkylation sites (tertiary alicyclic amines) is 1. The van der Waals surface area contributed by atoms with Crippen molar-refractivity contribution in [3.05, 3.63) is 42.0 Å². The number of carbonyl (C=O) groups is 2. The summed E-state index contributed by atoms with van der Waals surface area (Å²) in [6.45, 7) is 8.87. The van der Waals surface area contributed by atoms with Gasteiger partial charge in [0.1, 0.15) is 12.4 Å². The Morgan fingerprint density at radius 2 is 2.16 bits per heavy atom. The number of hydrogen-bond acceptors (Lipinski definition) is 4. The van der Waals surface area contributed by atoms with Gasteiger partial charge in [-0.15, -0.1) is 0 Å². The SMILES string of the molecule is C=C(C)COc1ccccc1C(=O)NCCN1CCC[C@H](C(N)=O)C1. The number of primary amides is 1. The molecule has 1 aliphatic heterocycles. The van der Waals surface area contributed by atoms with Crippen LogP contribution in [0.25, 0.3) is 0 Å². The highest BCUT2D eigenvalue weighted by Crippen LogP contribution is 2.18. The van der Waals surface area contributed by atoms with Crippen molar-refractivity contribution < 1.29 is 14.3 Å². The van der Waals surface area contributed by atoms with Gasteiger partial charge in [-0.25, -0.2) is 0 Å². The van der Waals surface area contributed by atoms with Crippen LogP contribution in [-0.2, 0) is 4.79 Å². The molecule has 136 valence electrons. The maximum atomic E-state index is 12.4. The van der Waals surface area contributed by atoms with Crippen LogP contribution in [-0.4, -0.2) is 49.5 Å². The molecule has 0 spiro atoms. The van der Waals surface area contributed by atoms with E-state index >= 15 is 0 Å². The molecule has 2 rings (SSSR count). The Labute approximate surface area is 149 Å². The molecule has 6 nitrogen and oxygen atoms in total. The molecule has 0 bridgehead atoms. The first-order valence-electron chi connectivity index (χ1n) is 8.63. The van der Waals surface area contributed by atoms with Crippen LogP contribution in [0, 0.1) is 5.92 Å². The Morgan fingerprint density at radius 3 is 2.88 bits per heavy atom. The summed E-state index contributed by atoms with van der Waals surface area (Å²) >= 11 is 0. The van der Waals surface area contributed by atoms with Crippen molar-refractivity contribution in [2.75, 3.05) is 32.8 Å². The highest BCUT2D eigenvalue weighted by atomic mass is 16.5. The van der Waals surface area contributed by atoms with Gasteiger partial charge in [-0.3, -0.25) is 9.59 Å². The lowest BCUT2D eigenvalue weighted by molar-refractivity contribution is -0.123. The number of nitrogens with zero attached hydrogens (tertiary/aromatic N) is 1. The zero-order valence-electron chi connectivity index (χ0n) is 14.8. The van der Waals surface area contributed by atoms with Gasteiger partial charge in [-0.2, -0.15) is 0 Å². The van der Waals surface area contributed by atoms with E-state index in [-0.39, 0.29) is 17.7 Å². The molecular formula is C19H27N3O3. The number of piperidine rings is 1. The van der Waals surface area contributed by atoms with Gasteiger partial charge in [0, 0.05) is 19.6 Å². The lowest BCUT2D eigenvalue weighted by Gasteiger charge is -2.31. The normalized spacial score (nSPS) is 17.7.